The van der Waals surface area contributed by atoms with E-state index in [0.29, 0.717) is 0 Å². The summed E-state index contributed by atoms with van der Waals surface area (Å²) in [4.78, 5) is 0. The van der Waals surface area contributed by atoms with E-state index in [2.05, 4.69) is 29.3 Å². The van der Waals surface area contributed by atoms with Crippen LogP contribution in [-0.2, 0) is 0 Å². The van der Waals surface area contributed by atoms with Crippen LogP contribution < -0.4 is 9.75 Å². The van der Waals surface area contributed by atoms with Crippen molar-refractivity contribution in [3.63, 3.8) is 0 Å². The fourth-order valence-corrected chi connectivity index (χ4v) is 3.15. The minimum Gasteiger partial charge on any atom is -0.497 e. The van der Waals surface area contributed by atoms with Crippen LogP contribution in [0.15, 0.2) is 76.2 Å². The monoisotopic (exact) mass is 332 g/mol. The van der Waals surface area contributed by atoms with E-state index in [0.717, 1.165) is 35.1 Å². The van der Waals surface area contributed by atoms with Gasteiger partial charge in [-0.15, -0.1) is 0 Å². The first-order chi connectivity index (χ1) is 12.2. The van der Waals surface area contributed by atoms with E-state index in [9.17, 15) is 0 Å². The topological polar surface area (TPSA) is 38.0 Å². The van der Waals surface area contributed by atoms with Crippen molar-refractivity contribution in [3.05, 3.63) is 83.8 Å². The predicted octanol–water partition coefficient (Wildman–Crippen LogP) is 4.95. The van der Waals surface area contributed by atoms with Crippen LogP contribution >= 0.6 is 0 Å². The van der Waals surface area contributed by atoms with E-state index >= 15 is 0 Å². The largest absolute Gasteiger partial charge is 0.497 e. The van der Waals surface area contributed by atoms with Gasteiger partial charge in [0.15, 0.2) is 0 Å². The highest BCUT2D eigenvalue weighted by Crippen LogP contribution is 2.37. The molecule has 4 rings (SSSR count). The predicted molar refractivity (Wildman–Crippen MR) is 99.3 cm³/mol. The highest BCUT2D eigenvalue weighted by Gasteiger charge is 2.31. The van der Waals surface area contributed by atoms with Crippen molar-refractivity contribution >= 4 is 11.4 Å². The molecule has 0 saturated heterocycles. The maximum Gasteiger partial charge on any atom is 0.150 e. The van der Waals surface area contributed by atoms with Gasteiger partial charge in [0, 0.05) is 6.42 Å². The molecule has 3 aromatic rings. The minimum absolute atomic E-state index is 0.133. The lowest BCUT2D eigenvalue weighted by molar-refractivity contribution is 0.414. The summed E-state index contributed by atoms with van der Waals surface area (Å²) < 4.78 is 11.1. The number of hydrazone groups is 1. The summed E-state index contributed by atoms with van der Waals surface area (Å²) in [7, 11) is 1.68. The number of nitrogens with zero attached hydrogens (tertiary/aromatic N) is 2. The molecule has 0 bridgehead atoms. The molecule has 1 aliphatic heterocycles. The van der Waals surface area contributed by atoms with E-state index < -0.39 is 0 Å². The van der Waals surface area contributed by atoms with E-state index in [-0.39, 0.29) is 6.04 Å². The molecular formula is C21H20N2O2. The van der Waals surface area contributed by atoms with Crippen molar-refractivity contribution in [1.29, 1.82) is 0 Å². The Hall–Kier alpha value is -3.01. The number of anilines is 1. The first kappa shape index (κ1) is 15.5. The van der Waals surface area contributed by atoms with Gasteiger partial charge >= 0.3 is 0 Å². The van der Waals surface area contributed by atoms with Gasteiger partial charge in [0.25, 0.3) is 0 Å². The normalized spacial score (nSPS) is 16.8. The molecule has 1 atom stereocenters. The number of hydrogen-bond acceptors (Lipinski definition) is 4. The third kappa shape index (κ3) is 3.03. The molecule has 1 aromatic heterocycles. The standard InChI is InChI=1S/C21H20N2O2/c1-15-8-13-21(25-15)19-14-20(16-9-11-18(24-2)12-10-16)23(22-19)17-6-4-3-5-7-17/h3-13,20H,14H2,1-2H3. The summed E-state index contributed by atoms with van der Waals surface area (Å²) in [5, 5.41) is 6.95. The van der Waals surface area contributed by atoms with Crippen molar-refractivity contribution in [3.8, 4) is 5.75 Å². The average Bonchev–Trinajstić information content (AvgIpc) is 3.29. The maximum atomic E-state index is 5.79. The second kappa shape index (κ2) is 6.48. The van der Waals surface area contributed by atoms with E-state index in [4.69, 9.17) is 14.3 Å². The van der Waals surface area contributed by atoms with Gasteiger partial charge in [-0.3, -0.25) is 5.01 Å². The van der Waals surface area contributed by atoms with Gasteiger partial charge in [0.2, 0.25) is 0 Å². The van der Waals surface area contributed by atoms with Crippen LogP contribution in [0.3, 0.4) is 0 Å². The molecule has 4 nitrogen and oxygen atoms in total. The Morgan fingerprint density at radius 1 is 1.00 bits per heavy atom. The Morgan fingerprint density at radius 3 is 2.40 bits per heavy atom. The number of methoxy groups -OCH3 is 1. The lowest BCUT2D eigenvalue weighted by Gasteiger charge is -2.24. The molecule has 1 aliphatic rings. The molecule has 0 aliphatic carbocycles. The fraction of sp³-hybridized carbons (Fsp3) is 0.190. The molecule has 2 aromatic carbocycles. The van der Waals surface area contributed by atoms with Gasteiger partial charge in [0.05, 0.1) is 18.8 Å². The van der Waals surface area contributed by atoms with Crippen LogP contribution in [0.4, 0.5) is 5.69 Å². The Morgan fingerprint density at radius 2 is 1.76 bits per heavy atom. The van der Waals surface area contributed by atoms with E-state index in [1.54, 1.807) is 7.11 Å². The lowest BCUT2D eigenvalue weighted by Crippen LogP contribution is -2.18. The molecule has 1 unspecified atom stereocenters. The number of hydrogen-bond donors (Lipinski definition) is 0. The van der Waals surface area contributed by atoms with Crippen LogP contribution in [0, 0.1) is 6.92 Å². The molecule has 4 heteroatoms. The number of benzene rings is 2. The summed E-state index contributed by atoms with van der Waals surface area (Å²) in [5.74, 6) is 2.60. The van der Waals surface area contributed by atoms with Crippen LogP contribution in [0.2, 0.25) is 0 Å². The number of para-hydroxylation sites is 1. The van der Waals surface area contributed by atoms with Gasteiger partial charge in [-0.1, -0.05) is 30.3 Å². The molecule has 25 heavy (non-hydrogen) atoms. The highest BCUT2D eigenvalue weighted by atomic mass is 16.5. The molecule has 0 fully saturated rings. The maximum absolute atomic E-state index is 5.79. The van der Waals surface area contributed by atoms with Gasteiger partial charge in [-0.2, -0.15) is 5.10 Å². The Balaban J connectivity index is 1.72. The van der Waals surface area contributed by atoms with Gasteiger partial charge < -0.3 is 9.15 Å². The van der Waals surface area contributed by atoms with Crippen LogP contribution in [0.25, 0.3) is 0 Å². The molecule has 2 heterocycles. The first-order valence-corrected chi connectivity index (χ1v) is 8.37. The third-order valence-corrected chi connectivity index (χ3v) is 4.46. The van der Waals surface area contributed by atoms with Crippen molar-refractivity contribution in [1.82, 2.24) is 0 Å². The molecule has 0 saturated carbocycles. The van der Waals surface area contributed by atoms with Crippen molar-refractivity contribution in [2.45, 2.75) is 19.4 Å². The third-order valence-electron chi connectivity index (χ3n) is 4.46. The number of ether oxygens (including phenoxy) is 1. The van der Waals surface area contributed by atoms with Gasteiger partial charge in [-0.25, -0.2) is 0 Å². The second-order valence-corrected chi connectivity index (χ2v) is 6.13. The first-order valence-electron chi connectivity index (χ1n) is 8.37. The van der Waals surface area contributed by atoms with Gasteiger partial charge in [-0.05, 0) is 48.9 Å². The lowest BCUT2D eigenvalue weighted by atomic mass is 10.0. The Labute approximate surface area is 147 Å². The summed E-state index contributed by atoms with van der Waals surface area (Å²) in [6, 6.07) is 22.5. The van der Waals surface area contributed by atoms with Crippen LogP contribution in [0.1, 0.15) is 29.5 Å². The van der Waals surface area contributed by atoms with Crippen LogP contribution in [-0.4, -0.2) is 12.8 Å². The molecule has 126 valence electrons. The smallest absolute Gasteiger partial charge is 0.150 e. The number of furan rings is 1. The van der Waals surface area contributed by atoms with Crippen LogP contribution in [0.5, 0.6) is 5.75 Å². The quantitative estimate of drug-likeness (QED) is 0.678. The Bertz CT molecular complexity index is 882. The summed E-state index contributed by atoms with van der Waals surface area (Å²) in [6.45, 7) is 1.95. The fourth-order valence-electron chi connectivity index (χ4n) is 3.15. The average molecular weight is 332 g/mol. The molecular weight excluding hydrogens is 312 g/mol. The molecule has 0 radical (unpaired) electrons. The summed E-state index contributed by atoms with van der Waals surface area (Å²) in [6.07, 6.45) is 0.800. The number of aryl methyl sites for hydroxylation is 1. The molecule has 0 amide bonds. The van der Waals surface area contributed by atoms with Crippen molar-refractivity contribution in [2.75, 3.05) is 12.1 Å². The van der Waals surface area contributed by atoms with E-state index in [1.165, 1.54) is 5.56 Å². The van der Waals surface area contributed by atoms with Crippen molar-refractivity contribution < 1.29 is 9.15 Å². The molecule has 0 N–H and O–H groups in total. The van der Waals surface area contributed by atoms with Crippen molar-refractivity contribution in [2.24, 2.45) is 5.10 Å². The van der Waals surface area contributed by atoms with Gasteiger partial charge in [0.1, 0.15) is 23.0 Å². The highest BCUT2D eigenvalue weighted by molar-refractivity contribution is 6.01. The molecule has 0 spiro atoms. The minimum atomic E-state index is 0.133. The zero-order valence-electron chi connectivity index (χ0n) is 14.3. The SMILES string of the molecule is COc1ccc(C2CC(c3ccc(C)o3)=NN2c2ccccc2)cc1. The Kier molecular flexibility index (Phi) is 4.02. The summed E-state index contributed by atoms with van der Waals surface area (Å²) in [5.41, 5.74) is 3.24. The number of rotatable bonds is 4. The second-order valence-electron chi connectivity index (χ2n) is 6.13. The zero-order valence-corrected chi connectivity index (χ0v) is 14.3. The summed E-state index contributed by atoms with van der Waals surface area (Å²) >= 11 is 0. The zero-order chi connectivity index (χ0) is 17.2. The van der Waals surface area contributed by atoms with E-state index in [1.807, 2.05) is 49.4 Å².